The van der Waals surface area contributed by atoms with E-state index in [2.05, 4.69) is 17.2 Å². The van der Waals surface area contributed by atoms with Crippen LogP contribution in [-0.4, -0.2) is 18.5 Å². The van der Waals surface area contributed by atoms with Gasteiger partial charge >= 0.3 is 29.6 Å². The number of hydrogen-bond acceptors (Lipinski definition) is 2. The summed E-state index contributed by atoms with van der Waals surface area (Å²) in [5, 5.41) is 9.30. The summed E-state index contributed by atoms with van der Waals surface area (Å²) < 4.78 is 0. The summed E-state index contributed by atoms with van der Waals surface area (Å²) >= 11 is 0. The SMILES string of the molecule is CCCCCCN=C(N)NC(=N)N.[H-].[Na+]. The second kappa shape index (κ2) is 10.8. The molecule has 0 aliphatic rings. The third kappa shape index (κ3) is 11.7. The minimum absolute atomic E-state index is 0. The molecule has 0 rings (SSSR count). The van der Waals surface area contributed by atoms with Gasteiger partial charge in [0.05, 0.1) is 0 Å². The van der Waals surface area contributed by atoms with Crippen LogP contribution in [0.25, 0.3) is 0 Å². The second-order valence-electron chi connectivity index (χ2n) is 2.87. The van der Waals surface area contributed by atoms with Crippen molar-refractivity contribution in [1.82, 2.24) is 5.32 Å². The number of nitrogens with one attached hydrogen (secondary N) is 2. The van der Waals surface area contributed by atoms with Gasteiger partial charge in [0.25, 0.3) is 0 Å². The van der Waals surface area contributed by atoms with Gasteiger partial charge in [-0.15, -0.1) is 0 Å². The Morgan fingerprint density at radius 3 is 2.50 bits per heavy atom. The molecule has 0 saturated carbocycles. The Balaban J connectivity index is -0.000000720. The van der Waals surface area contributed by atoms with Crippen LogP contribution in [0, 0.1) is 5.41 Å². The Hall–Kier alpha value is -0.260. The molecule has 0 radical (unpaired) electrons. The standard InChI is InChI=1S/C8H19N5.Na.H/c1-2-3-4-5-6-12-8(11)13-7(9)10;;/h2-6H2,1H3,(H6,9,10,11,12,13);;/q;+1;-1. The van der Waals surface area contributed by atoms with E-state index in [1.54, 1.807) is 0 Å². The quantitative estimate of drug-likeness (QED) is 0.174. The zero-order valence-electron chi connectivity index (χ0n) is 10.1. The minimum Gasteiger partial charge on any atom is -1.00 e. The first-order valence-corrected chi connectivity index (χ1v) is 4.57. The van der Waals surface area contributed by atoms with E-state index in [1.807, 2.05) is 0 Å². The van der Waals surface area contributed by atoms with Gasteiger partial charge in [0, 0.05) is 6.54 Å². The molecule has 5 nitrogen and oxygen atoms in total. The van der Waals surface area contributed by atoms with Gasteiger partial charge < -0.3 is 12.9 Å². The summed E-state index contributed by atoms with van der Waals surface area (Å²) in [5.41, 5.74) is 10.5. The third-order valence-electron chi connectivity index (χ3n) is 1.56. The number of unbranched alkanes of at least 4 members (excludes halogenated alkanes) is 3. The van der Waals surface area contributed by atoms with Gasteiger partial charge in [-0.25, -0.2) is 0 Å². The van der Waals surface area contributed by atoms with Crippen molar-refractivity contribution in [2.24, 2.45) is 16.5 Å². The monoisotopic (exact) mass is 209 g/mol. The number of nitrogens with zero attached hydrogens (tertiary/aromatic N) is 1. The van der Waals surface area contributed by atoms with Crippen LogP contribution < -0.4 is 46.3 Å². The Labute approximate surface area is 109 Å². The van der Waals surface area contributed by atoms with E-state index < -0.39 is 0 Å². The van der Waals surface area contributed by atoms with Crippen molar-refractivity contribution in [2.45, 2.75) is 32.6 Å². The molecule has 14 heavy (non-hydrogen) atoms. The summed E-state index contributed by atoms with van der Waals surface area (Å²) in [6.45, 7) is 2.86. The molecule has 0 spiro atoms. The van der Waals surface area contributed by atoms with Gasteiger partial charge in [-0.1, -0.05) is 26.2 Å². The van der Waals surface area contributed by atoms with Gasteiger partial charge in [-0.05, 0) is 6.42 Å². The summed E-state index contributed by atoms with van der Waals surface area (Å²) in [5.74, 6) is 0.0545. The maximum Gasteiger partial charge on any atom is 1.00 e. The second-order valence-corrected chi connectivity index (χ2v) is 2.87. The summed E-state index contributed by atoms with van der Waals surface area (Å²) in [6, 6.07) is 0. The van der Waals surface area contributed by atoms with Crippen LogP contribution in [-0.2, 0) is 0 Å². The normalized spacial score (nSPS) is 10.5. The molecular formula is C8H20N5Na. The van der Waals surface area contributed by atoms with E-state index in [1.165, 1.54) is 19.3 Å². The van der Waals surface area contributed by atoms with Crippen LogP contribution in [0.2, 0.25) is 0 Å². The summed E-state index contributed by atoms with van der Waals surface area (Å²) in [7, 11) is 0. The third-order valence-corrected chi connectivity index (χ3v) is 1.56. The summed E-state index contributed by atoms with van der Waals surface area (Å²) in [6.07, 6.45) is 4.65. The van der Waals surface area contributed by atoms with E-state index in [-0.39, 0.29) is 42.9 Å². The number of nitrogens with two attached hydrogens (primary N) is 2. The minimum atomic E-state index is -0.171. The molecule has 0 aromatic rings. The van der Waals surface area contributed by atoms with Gasteiger partial charge in [-0.2, -0.15) is 0 Å². The molecule has 0 unspecified atom stereocenters. The van der Waals surface area contributed by atoms with Crippen molar-refractivity contribution < 1.29 is 31.0 Å². The molecule has 6 heteroatoms. The van der Waals surface area contributed by atoms with E-state index in [4.69, 9.17) is 16.9 Å². The fraction of sp³-hybridized carbons (Fsp3) is 0.750. The van der Waals surface area contributed by atoms with E-state index >= 15 is 0 Å². The number of rotatable bonds is 5. The zero-order valence-corrected chi connectivity index (χ0v) is 11.1. The van der Waals surface area contributed by atoms with E-state index in [0.29, 0.717) is 6.54 Å². The van der Waals surface area contributed by atoms with Crippen molar-refractivity contribution in [3.05, 3.63) is 0 Å². The predicted molar refractivity (Wildman–Crippen MR) is 56.8 cm³/mol. The number of guanidine groups is 2. The maximum atomic E-state index is 6.88. The van der Waals surface area contributed by atoms with Crippen LogP contribution in [0.4, 0.5) is 0 Å². The molecule has 0 heterocycles. The molecule has 0 aliphatic carbocycles. The van der Waals surface area contributed by atoms with Crippen LogP contribution >= 0.6 is 0 Å². The first-order chi connectivity index (χ1) is 6.16. The zero-order chi connectivity index (χ0) is 10.1. The van der Waals surface area contributed by atoms with Crippen molar-refractivity contribution in [3.63, 3.8) is 0 Å². The topological polar surface area (TPSA) is 100 Å². The molecule has 6 N–H and O–H groups in total. The Bertz CT molecular complexity index is 186. The van der Waals surface area contributed by atoms with Crippen LogP contribution in [0.15, 0.2) is 4.99 Å². The van der Waals surface area contributed by atoms with E-state index in [9.17, 15) is 0 Å². The first kappa shape index (κ1) is 16.2. The van der Waals surface area contributed by atoms with Crippen LogP contribution in [0.1, 0.15) is 34.0 Å². The van der Waals surface area contributed by atoms with Gasteiger partial charge in [0.15, 0.2) is 11.9 Å². The van der Waals surface area contributed by atoms with Crippen LogP contribution in [0.5, 0.6) is 0 Å². The smallest absolute Gasteiger partial charge is 1.00 e. The Morgan fingerprint density at radius 1 is 1.36 bits per heavy atom. The first-order valence-electron chi connectivity index (χ1n) is 4.57. The van der Waals surface area contributed by atoms with Crippen molar-refractivity contribution in [1.29, 1.82) is 5.41 Å². The fourth-order valence-electron chi connectivity index (χ4n) is 0.916. The Kier molecular flexibility index (Phi) is 12.5. The fourth-order valence-corrected chi connectivity index (χ4v) is 0.916. The molecule has 0 bridgehead atoms. The van der Waals surface area contributed by atoms with Crippen LogP contribution in [0.3, 0.4) is 0 Å². The molecule has 0 atom stereocenters. The summed E-state index contributed by atoms with van der Waals surface area (Å²) in [4.78, 5) is 4.00. The number of hydrogen-bond donors (Lipinski definition) is 4. The molecule has 0 aliphatic heterocycles. The van der Waals surface area contributed by atoms with Crippen molar-refractivity contribution >= 4 is 11.9 Å². The van der Waals surface area contributed by atoms with Crippen molar-refractivity contribution in [2.75, 3.05) is 6.54 Å². The average Bonchev–Trinajstić information content (AvgIpc) is 2.02. The molecule has 0 aromatic heterocycles. The van der Waals surface area contributed by atoms with Crippen molar-refractivity contribution in [3.8, 4) is 0 Å². The Morgan fingerprint density at radius 2 is 2.00 bits per heavy atom. The molecule has 0 aromatic carbocycles. The molecule has 0 amide bonds. The largest absolute Gasteiger partial charge is 1.00 e. The molecular weight excluding hydrogens is 189 g/mol. The predicted octanol–water partition coefficient (Wildman–Crippen LogP) is -2.52. The van der Waals surface area contributed by atoms with Gasteiger partial charge in [0.2, 0.25) is 0 Å². The van der Waals surface area contributed by atoms with Gasteiger partial charge in [-0.3, -0.25) is 15.7 Å². The number of aliphatic imine (C=N–C) groups is 1. The molecule has 0 fully saturated rings. The average molecular weight is 209 g/mol. The molecule has 78 valence electrons. The van der Waals surface area contributed by atoms with Gasteiger partial charge in [0.1, 0.15) is 0 Å². The molecule has 0 saturated heterocycles. The maximum absolute atomic E-state index is 6.88. The van der Waals surface area contributed by atoms with E-state index in [0.717, 1.165) is 6.42 Å².